The topological polar surface area (TPSA) is 77.0 Å². The summed E-state index contributed by atoms with van der Waals surface area (Å²) in [6, 6.07) is 0.358. The van der Waals surface area contributed by atoms with Crippen molar-refractivity contribution >= 4 is 46.6 Å². The van der Waals surface area contributed by atoms with Gasteiger partial charge in [-0.2, -0.15) is 0 Å². The molecule has 0 bridgehead atoms. The van der Waals surface area contributed by atoms with Crippen LogP contribution in [-0.2, 0) is 15.6 Å². The van der Waals surface area contributed by atoms with Gasteiger partial charge in [-0.15, -0.1) is 24.0 Å². The second-order valence-corrected chi connectivity index (χ2v) is 10.6. The Balaban J connectivity index is 0.00000320. The number of guanidine groups is 1. The van der Waals surface area contributed by atoms with Gasteiger partial charge in [0, 0.05) is 80.1 Å². The van der Waals surface area contributed by atoms with Gasteiger partial charge in [0.15, 0.2) is 5.96 Å². The normalized spacial score (nSPS) is 27.0. The van der Waals surface area contributed by atoms with Gasteiger partial charge >= 0.3 is 0 Å². The number of hydrogen-bond donors (Lipinski definition) is 2. The summed E-state index contributed by atoms with van der Waals surface area (Å²) in [5.41, 5.74) is 0. The van der Waals surface area contributed by atoms with Crippen LogP contribution in [-0.4, -0.2) is 89.2 Å². The molecule has 2 saturated carbocycles. The van der Waals surface area contributed by atoms with E-state index in [2.05, 4.69) is 25.4 Å². The molecule has 0 spiro atoms. The minimum Gasteiger partial charge on any atom is -0.355 e. The van der Waals surface area contributed by atoms with E-state index in [1.54, 1.807) is 0 Å². The second kappa shape index (κ2) is 13.2. The molecule has 1 amide bonds. The number of hydrogen-bond acceptors (Lipinski definition) is 4. The number of carbonyl (C=O) groups is 1. The minimum atomic E-state index is -0.701. The Kier molecular flexibility index (Phi) is 11.4. The van der Waals surface area contributed by atoms with E-state index in [4.69, 9.17) is 0 Å². The van der Waals surface area contributed by atoms with Gasteiger partial charge in [0.2, 0.25) is 5.91 Å². The van der Waals surface area contributed by atoms with Crippen LogP contribution in [0.4, 0.5) is 0 Å². The third-order valence-corrected chi connectivity index (χ3v) is 8.45. The molecule has 7 nitrogen and oxygen atoms in total. The first-order valence-electron chi connectivity index (χ1n) is 11.5. The van der Waals surface area contributed by atoms with Crippen molar-refractivity contribution in [2.75, 3.05) is 52.1 Å². The van der Waals surface area contributed by atoms with E-state index in [1.165, 1.54) is 6.42 Å². The average Bonchev–Trinajstić information content (AvgIpc) is 2.71. The van der Waals surface area contributed by atoms with Gasteiger partial charge in [-0.25, -0.2) is 0 Å². The predicted molar refractivity (Wildman–Crippen MR) is 135 cm³/mol. The average molecular weight is 554 g/mol. The van der Waals surface area contributed by atoms with Crippen molar-refractivity contribution in [3.8, 4) is 0 Å². The maximum Gasteiger partial charge on any atom is 0.225 e. The summed E-state index contributed by atoms with van der Waals surface area (Å²) in [6.45, 7) is 7.45. The van der Waals surface area contributed by atoms with Crippen molar-refractivity contribution in [2.45, 2.75) is 63.2 Å². The van der Waals surface area contributed by atoms with E-state index < -0.39 is 10.8 Å². The number of amides is 1. The SMILES string of the molecule is CCS(=O)C1CCCC(NC(=NC)NCCN2CCN(C(=O)C3CCC3)CC2)C1.I. The Hall–Kier alpha value is -0.420. The molecule has 0 radical (unpaired) electrons. The minimum absolute atomic E-state index is 0. The Morgan fingerprint density at radius 3 is 2.40 bits per heavy atom. The monoisotopic (exact) mass is 553 g/mol. The molecule has 3 unspecified atom stereocenters. The molecule has 0 aromatic carbocycles. The summed E-state index contributed by atoms with van der Waals surface area (Å²) in [7, 11) is 1.11. The molecule has 0 aromatic rings. The van der Waals surface area contributed by atoms with Gasteiger partial charge in [0.1, 0.15) is 0 Å². The highest BCUT2D eigenvalue weighted by molar-refractivity contribution is 14.0. The van der Waals surface area contributed by atoms with E-state index in [-0.39, 0.29) is 24.0 Å². The van der Waals surface area contributed by atoms with Gasteiger partial charge in [-0.3, -0.25) is 18.9 Å². The first-order chi connectivity index (χ1) is 14.1. The van der Waals surface area contributed by atoms with Crippen molar-refractivity contribution < 1.29 is 9.00 Å². The quantitative estimate of drug-likeness (QED) is 0.286. The Bertz CT molecular complexity index is 594. The summed E-state index contributed by atoms with van der Waals surface area (Å²) < 4.78 is 12.1. The molecule has 1 aliphatic heterocycles. The highest BCUT2D eigenvalue weighted by Crippen LogP contribution is 2.28. The summed E-state index contributed by atoms with van der Waals surface area (Å²) >= 11 is 0. The fourth-order valence-corrected chi connectivity index (χ4v) is 5.92. The van der Waals surface area contributed by atoms with Gasteiger partial charge in [-0.05, 0) is 32.1 Å². The molecule has 3 fully saturated rings. The number of piperazine rings is 1. The van der Waals surface area contributed by atoms with Crippen molar-refractivity contribution in [3.05, 3.63) is 0 Å². The molecule has 2 N–H and O–H groups in total. The van der Waals surface area contributed by atoms with Crippen LogP contribution in [0, 0.1) is 5.92 Å². The van der Waals surface area contributed by atoms with Crippen molar-refractivity contribution in [1.82, 2.24) is 20.4 Å². The van der Waals surface area contributed by atoms with Gasteiger partial charge in [-0.1, -0.05) is 19.8 Å². The van der Waals surface area contributed by atoms with Crippen LogP contribution in [0.15, 0.2) is 4.99 Å². The molecule has 30 heavy (non-hydrogen) atoms. The van der Waals surface area contributed by atoms with E-state index in [0.717, 1.165) is 89.5 Å². The molecule has 1 saturated heterocycles. The van der Waals surface area contributed by atoms with Crippen molar-refractivity contribution in [1.29, 1.82) is 0 Å². The number of halogens is 1. The molecule has 0 aromatic heterocycles. The number of aliphatic imine (C=N–C) groups is 1. The van der Waals surface area contributed by atoms with Gasteiger partial charge < -0.3 is 15.5 Å². The number of carbonyl (C=O) groups excluding carboxylic acids is 1. The van der Waals surface area contributed by atoms with E-state index in [0.29, 0.717) is 23.1 Å². The number of nitrogens with zero attached hydrogens (tertiary/aromatic N) is 3. The molecule has 2 aliphatic carbocycles. The summed E-state index contributed by atoms with van der Waals surface area (Å²) in [6.07, 6.45) is 7.70. The van der Waals surface area contributed by atoms with E-state index in [1.807, 2.05) is 14.0 Å². The highest BCUT2D eigenvalue weighted by atomic mass is 127. The lowest BCUT2D eigenvalue weighted by molar-refractivity contribution is -0.139. The van der Waals surface area contributed by atoms with E-state index >= 15 is 0 Å². The molecule has 9 heteroatoms. The molecule has 3 atom stereocenters. The first-order valence-corrected chi connectivity index (χ1v) is 12.8. The highest BCUT2D eigenvalue weighted by Gasteiger charge is 2.31. The zero-order valence-electron chi connectivity index (χ0n) is 18.6. The Labute approximate surface area is 201 Å². The predicted octanol–water partition coefficient (Wildman–Crippen LogP) is 1.79. The number of rotatable bonds is 7. The molecule has 1 heterocycles. The third-order valence-electron chi connectivity index (χ3n) is 6.71. The van der Waals surface area contributed by atoms with Gasteiger partial charge in [0.25, 0.3) is 0 Å². The lowest BCUT2D eigenvalue weighted by Crippen LogP contribution is -2.53. The maximum atomic E-state index is 12.4. The third kappa shape index (κ3) is 7.32. The molecule has 3 aliphatic rings. The van der Waals surface area contributed by atoms with Crippen LogP contribution in [0.2, 0.25) is 0 Å². The molecular formula is C21H40IN5O2S. The Morgan fingerprint density at radius 1 is 1.10 bits per heavy atom. The van der Waals surface area contributed by atoms with Crippen molar-refractivity contribution in [2.24, 2.45) is 10.9 Å². The largest absolute Gasteiger partial charge is 0.355 e. The lowest BCUT2D eigenvalue weighted by Gasteiger charge is -2.38. The molecular weight excluding hydrogens is 513 g/mol. The van der Waals surface area contributed by atoms with Crippen LogP contribution < -0.4 is 10.6 Å². The second-order valence-electron chi connectivity index (χ2n) is 8.59. The van der Waals surface area contributed by atoms with Crippen LogP contribution >= 0.6 is 24.0 Å². The zero-order valence-corrected chi connectivity index (χ0v) is 21.8. The summed E-state index contributed by atoms with van der Waals surface area (Å²) in [5, 5.41) is 7.29. The summed E-state index contributed by atoms with van der Waals surface area (Å²) in [5.74, 6) is 2.29. The fraction of sp³-hybridized carbons (Fsp3) is 0.905. The van der Waals surface area contributed by atoms with Crippen LogP contribution in [0.25, 0.3) is 0 Å². The lowest BCUT2D eigenvalue weighted by atomic mass is 9.84. The maximum absolute atomic E-state index is 12.4. The fourth-order valence-electron chi connectivity index (χ4n) is 4.58. The van der Waals surface area contributed by atoms with Gasteiger partial charge in [0.05, 0.1) is 0 Å². The molecule has 3 rings (SSSR count). The van der Waals surface area contributed by atoms with Crippen LogP contribution in [0.5, 0.6) is 0 Å². The number of nitrogens with one attached hydrogen (secondary N) is 2. The van der Waals surface area contributed by atoms with Crippen LogP contribution in [0.3, 0.4) is 0 Å². The van der Waals surface area contributed by atoms with Crippen LogP contribution in [0.1, 0.15) is 51.9 Å². The Morgan fingerprint density at radius 2 is 1.80 bits per heavy atom. The first kappa shape index (κ1) is 25.8. The molecule has 174 valence electrons. The smallest absolute Gasteiger partial charge is 0.225 e. The summed E-state index contributed by atoms with van der Waals surface area (Å²) in [4.78, 5) is 21.2. The van der Waals surface area contributed by atoms with E-state index in [9.17, 15) is 9.00 Å². The standard InChI is InChI=1S/C21H39N5O2S.HI/c1-3-29(28)19-9-5-8-18(16-19)24-21(22-2)23-10-11-25-12-14-26(15-13-25)20(27)17-6-4-7-17;/h17-19H,3-16H2,1-2H3,(H2,22,23,24);1H. The van der Waals surface area contributed by atoms with Crippen molar-refractivity contribution in [3.63, 3.8) is 0 Å². The zero-order chi connectivity index (χ0) is 20.6.